The summed E-state index contributed by atoms with van der Waals surface area (Å²) in [5, 5.41) is 21.3. The summed E-state index contributed by atoms with van der Waals surface area (Å²) in [6, 6.07) is 13.4. The van der Waals surface area contributed by atoms with Crippen LogP contribution in [0.4, 0.5) is 5.69 Å². The van der Waals surface area contributed by atoms with Gasteiger partial charge in [0, 0.05) is 25.2 Å². The maximum absolute atomic E-state index is 11.4. The second kappa shape index (κ2) is 9.71. The van der Waals surface area contributed by atoms with Crippen LogP contribution < -0.4 is 9.47 Å². The molecule has 0 aromatic heterocycles. The van der Waals surface area contributed by atoms with E-state index in [0.29, 0.717) is 19.1 Å². The number of hydrogen-bond donors (Lipinski definition) is 1. The van der Waals surface area contributed by atoms with Gasteiger partial charge in [-0.1, -0.05) is 18.2 Å². The number of ether oxygens (including phenoxy) is 2. The molecule has 7 nitrogen and oxygen atoms in total. The fourth-order valence-electron chi connectivity index (χ4n) is 3.95. The average molecular weight is 400 g/mol. The first kappa shape index (κ1) is 21.1. The molecule has 0 aliphatic heterocycles. The van der Waals surface area contributed by atoms with Crippen molar-refractivity contribution in [1.82, 2.24) is 4.90 Å². The number of aliphatic hydroxyl groups is 1. The maximum Gasteiger partial charge on any atom is 0.311 e. The van der Waals surface area contributed by atoms with Crippen LogP contribution in [0, 0.1) is 10.1 Å². The quantitative estimate of drug-likeness (QED) is 0.534. The van der Waals surface area contributed by atoms with Crippen molar-refractivity contribution >= 4 is 5.69 Å². The lowest BCUT2D eigenvalue weighted by atomic mass is 9.91. The minimum atomic E-state index is -0.411. The zero-order valence-corrected chi connectivity index (χ0v) is 16.9. The van der Waals surface area contributed by atoms with Gasteiger partial charge in [0.2, 0.25) is 0 Å². The van der Waals surface area contributed by atoms with Crippen LogP contribution in [0.15, 0.2) is 42.5 Å². The monoisotopic (exact) mass is 400 g/mol. The number of nitrogens with zero attached hydrogens (tertiary/aromatic N) is 2. The van der Waals surface area contributed by atoms with Crippen molar-refractivity contribution in [3.05, 3.63) is 63.7 Å². The predicted molar refractivity (Wildman–Crippen MR) is 110 cm³/mol. The van der Waals surface area contributed by atoms with E-state index in [1.165, 1.54) is 7.11 Å². The number of hydrogen-bond acceptors (Lipinski definition) is 6. The number of nitro groups is 1. The number of aliphatic hydroxyl groups excluding tert-OH is 1. The Labute approximate surface area is 171 Å². The van der Waals surface area contributed by atoms with Gasteiger partial charge < -0.3 is 14.6 Å². The van der Waals surface area contributed by atoms with E-state index in [2.05, 4.69) is 11.0 Å². The van der Waals surface area contributed by atoms with Crippen LogP contribution in [0.3, 0.4) is 0 Å². The van der Waals surface area contributed by atoms with Gasteiger partial charge >= 0.3 is 5.69 Å². The molecule has 7 heteroatoms. The molecule has 29 heavy (non-hydrogen) atoms. The third-order valence-electron chi connectivity index (χ3n) is 5.53. The minimum Gasteiger partial charge on any atom is -0.497 e. The Morgan fingerprint density at radius 1 is 1.03 bits per heavy atom. The van der Waals surface area contributed by atoms with Gasteiger partial charge in [-0.15, -0.1) is 0 Å². The molecule has 0 atom stereocenters. The first-order valence-electron chi connectivity index (χ1n) is 9.86. The topological polar surface area (TPSA) is 85.1 Å². The fourth-order valence-corrected chi connectivity index (χ4v) is 3.95. The first-order chi connectivity index (χ1) is 14.0. The highest BCUT2D eigenvalue weighted by Crippen LogP contribution is 2.31. The van der Waals surface area contributed by atoms with Crippen molar-refractivity contribution in [2.45, 2.75) is 50.9 Å². The Balaban J connectivity index is 1.84. The fraction of sp³-hybridized carbons (Fsp3) is 0.455. The van der Waals surface area contributed by atoms with Crippen molar-refractivity contribution in [2.24, 2.45) is 0 Å². The molecule has 0 spiro atoms. The van der Waals surface area contributed by atoms with Crippen LogP contribution in [0.5, 0.6) is 11.5 Å². The Hall–Kier alpha value is -2.64. The average Bonchev–Trinajstić information content (AvgIpc) is 2.74. The van der Waals surface area contributed by atoms with E-state index in [0.717, 1.165) is 42.6 Å². The van der Waals surface area contributed by atoms with Crippen molar-refractivity contribution in [2.75, 3.05) is 14.2 Å². The molecule has 0 radical (unpaired) electrons. The Bertz CT molecular complexity index is 834. The highest BCUT2D eigenvalue weighted by atomic mass is 16.6. The third-order valence-corrected chi connectivity index (χ3v) is 5.53. The van der Waals surface area contributed by atoms with Gasteiger partial charge in [-0.3, -0.25) is 15.0 Å². The number of benzene rings is 2. The molecule has 1 aliphatic carbocycles. The van der Waals surface area contributed by atoms with Crippen molar-refractivity contribution in [1.29, 1.82) is 0 Å². The van der Waals surface area contributed by atoms with Gasteiger partial charge in [0.05, 0.1) is 25.2 Å². The summed E-state index contributed by atoms with van der Waals surface area (Å²) in [6.07, 6.45) is 3.14. The zero-order valence-electron chi connectivity index (χ0n) is 16.9. The summed E-state index contributed by atoms with van der Waals surface area (Å²) >= 11 is 0. The molecule has 0 amide bonds. The van der Waals surface area contributed by atoms with Gasteiger partial charge in [0.25, 0.3) is 0 Å². The van der Waals surface area contributed by atoms with Gasteiger partial charge in [-0.2, -0.15) is 0 Å². The van der Waals surface area contributed by atoms with Crippen LogP contribution in [-0.2, 0) is 13.1 Å². The van der Waals surface area contributed by atoms with Crippen LogP contribution >= 0.6 is 0 Å². The van der Waals surface area contributed by atoms with Crippen LogP contribution in [0.2, 0.25) is 0 Å². The van der Waals surface area contributed by atoms with E-state index in [9.17, 15) is 15.2 Å². The molecule has 1 saturated carbocycles. The molecular formula is C22H28N2O5. The SMILES string of the molecule is COc1cccc(CN(Cc2ccc(OC)c([N+](=O)[O-])c2)C2CCC(O)CC2)c1. The van der Waals surface area contributed by atoms with Crippen LogP contribution in [0.1, 0.15) is 36.8 Å². The second-order valence-electron chi connectivity index (χ2n) is 7.48. The second-order valence-corrected chi connectivity index (χ2v) is 7.48. The minimum absolute atomic E-state index is 0.0228. The maximum atomic E-state index is 11.4. The molecule has 1 fully saturated rings. The zero-order chi connectivity index (χ0) is 20.8. The molecule has 2 aromatic rings. The van der Waals surface area contributed by atoms with Gasteiger partial charge in [0.15, 0.2) is 5.75 Å². The van der Waals surface area contributed by atoms with E-state index >= 15 is 0 Å². The lowest BCUT2D eigenvalue weighted by Crippen LogP contribution is -2.38. The standard InChI is InChI=1S/C22H28N2O5/c1-28-20-5-3-4-16(12-20)14-23(18-7-9-19(25)10-8-18)15-17-6-11-22(29-2)21(13-17)24(26)27/h3-6,11-13,18-19,25H,7-10,14-15H2,1-2H3. The molecule has 3 rings (SSSR count). The Morgan fingerprint density at radius 3 is 2.34 bits per heavy atom. The molecular weight excluding hydrogens is 372 g/mol. The van der Waals surface area contributed by atoms with E-state index < -0.39 is 4.92 Å². The summed E-state index contributed by atoms with van der Waals surface area (Å²) in [7, 11) is 3.08. The molecule has 156 valence electrons. The number of nitro benzene ring substituents is 1. The van der Waals surface area contributed by atoms with E-state index in [1.54, 1.807) is 19.2 Å². The molecule has 0 heterocycles. The van der Waals surface area contributed by atoms with Crippen molar-refractivity contribution in [3.8, 4) is 11.5 Å². The molecule has 1 N–H and O–H groups in total. The largest absolute Gasteiger partial charge is 0.497 e. The van der Waals surface area contributed by atoms with E-state index in [1.807, 2.05) is 24.3 Å². The Kier molecular flexibility index (Phi) is 7.06. The number of methoxy groups -OCH3 is 2. The highest BCUT2D eigenvalue weighted by molar-refractivity contribution is 5.48. The summed E-state index contributed by atoms with van der Waals surface area (Å²) in [5.74, 6) is 1.07. The summed E-state index contributed by atoms with van der Waals surface area (Å²) in [5.41, 5.74) is 1.97. The summed E-state index contributed by atoms with van der Waals surface area (Å²) in [6.45, 7) is 1.29. The van der Waals surface area contributed by atoms with Crippen LogP contribution in [0.25, 0.3) is 0 Å². The normalized spacial score (nSPS) is 19.2. The van der Waals surface area contributed by atoms with E-state index in [-0.39, 0.29) is 17.5 Å². The lowest BCUT2D eigenvalue weighted by Gasteiger charge is -2.36. The van der Waals surface area contributed by atoms with Gasteiger partial charge in [-0.05, 0) is 55.0 Å². The molecule has 0 bridgehead atoms. The summed E-state index contributed by atoms with van der Waals surface area (Å²) in [4.78, 5) is 13.3. The van der Waals surface area contributed by atoms with Gasteiger partial charge in [-0.25, -0.2) is 0 Å². The smallest absolute Gasteiger partial charge is 0.311 e. The molecule has 1 aliphatic rings. The molecule has 2 aromatic carbocycles. The third kappa shape index (κ3) is 5.46. The lowest BCUT2D eigenvalue weighted by molar-refractivity contribution is -0.385. The van der Waals surface area contributed by atoms with Crippen molar-refractivity contribution in [3.63, 3.8) is 0 Å². The first-order valence-corrected chi connectivity index (χ1v) is 9.86. The van der Waals surface area contributed by atoms with Gasteiger partial charge in [0.1, 0.15) is 5.75 Å². The highest BCUT2D eigenvalue weighted by Gasteiger charge is 2.26. The predicted octanol–water partition coefficient (Wildman–Crippen LogP) is 3.92. The Morgan fingerprint density at radius 2 is 1.72 bits per heavy atom. The van der Waals surface area contributed by atoms with Crippen LogP contribution in [-0.4, -0.2) is 41.3 Å². The van der Waals surface area contributed by atoms with E-state index in [4.69, 9.17) is 9.47 Å². The number of rotatable bonds is 8. The summed E-state index contributed by atoms with van der Waals surface area (Å²) < 4.78 is 10.5. The molecule has 0 unspecified atom stereocenters. The molecule has 0 saturated heterocycles. The van der Waals surface area contributed by atoms with Crippen molar-refractivity contribution < 1.29 is 19.5 Å².